The first-order valence-electron chi connectivity index (χ1n) is 4.34. The fourth-order valence-corrected chi connectivity index (χ4v) is 1.25. The molecular weight excluding hydrogens is 167 g/mol. The monoisotopic (exact) mass is 180 g/mol. The minimum Gasteiger partial charge on any atom is -0.303 e. The number of benzene rings is 1. The summed E-state index contributed by atoms with van der Waals surface area (Å²) >= 11 is 0. The maximum absolute atomic E-state index is 12.8. The minimum atomic E-state index is -0.192. The van der Waals surface area contributed by atoms with Gasteiger partial charge in [-0.05, 0) is 30.5 Å². The third-order valence-electron chi connectivity index (χ3n) is 2.01. The van der Waals surface area contributed by atoms with Crippen LogP contribution in [0.1, 0.15) is 18.1 Å². The molecule has 0 saturated heterocycles. The summed E-state index contributed by atoms with van der Waals surface area (Å²) in [6, 6.07) is 4.96. The summed E-state index contributed by atoms with van der Waals surface area (Å²) in [6.45, 7) is 3.58. The van der Waals surface area contributed by atoms with Crippen LogP contribution in [-0.2, 0) is 11.2 Å². The van der Waals surface area contributed by atoms with Gasteiger partial charge in [0.05, 0.1) is 0 Å². The van der Waals surface area contributed by atoms with Gasteiger partial charge < -0.3 is 4.79 Å². The van der Waals surface area contributed by atoms with Crippen LogP contribution in [0.2, 0.25) is 0 Å². The molecule has 0 spiro atoms. The van der Waals surface area contributed by atoms with Crippen LogP contribution in [-0.4, -0.2) is 6.29 Å². The zero-order valence-corrected chi connectivity index (χ0v) is 7.88. The lowest BCUT2D eigenvalue weighted by Crippen LogP contribution is -2.01. The van der Waals surface area contributed by atoms with Crippen molar-refractivity contribution in [1.82, 2.24) is 0 Å². The van der Waals surface area contributed by atoms with Gasteiger partial charge in [0.25, 0.3) is 0 Å². The first kappa shape index (κ1) is 9.90. The molecule has 0 aromatic heterocycles. The number of hydrogen-bond acceptors (Lipinski definition) is 1. The van der Waals surface area contributed by atoms with Crippen LogP contribution in [0.25, 0.3) is 0 Å². The predicted molar refractivity (Wildman–Crippen MR) is 50.1 cm³/mol. The van der Waals surface area contributed by atoms with Gasteiger partial charge in [-0.2, -0.15) is 0 Å². The van der Waals surface area contributed by atoms with E-state index in [9.17, 15) is 9.18 Å². The van der Waals surface area contributed by atoms with Crippen LogP contribution >= 0.6 is 0 Å². The van der Waals surface area contributed by atoms with Crippen molar-refractivity contribution in [3.63, 3.8) is 0 Å². The fraction of sp³-hybridized carbons (Fsp3) is 0.364. The standard InChI is InChI=1S/C11H13FO/c1-8(7-13)5-10-3-4-11(12)9(2)6-10/h3-4,6-8H,5H2,1-2H3. The van der Waals surface area contributed by atoms with Crippen LogP contribution in [0.4, 0.5) is 4.39 Å². The molecular formula is C11H13FO. The second-order valence-corrected chi connectivity index (χ2v) is 3.40. The minimum absolute atomic E-state index is 0.00450. The summed E-state index contributed by atoms with van der Waals surface area (Å²) in [5.41, 5.74) is 1.65. The van der Waals surface area contributed by atoms with E-state index >= 15 is 0 Å². The highest BCUT2D eigenvalue weighted by Gasteiger charge is 2.03. The Labute approximate surface area is 77.6 Å². The van der Waals surface area contributed by atoms with Gasteiger partial charge in [0.1, 0.15) is 12.1 Å². The van der Waals surface area contributed by atoms with Gasteiger partial charge >= 0.3 is 0 Å². The summed E-state index contributed by atoms with van der Waals surface area (Å²) in [6.07, 6.45) is 1.60. The zero-order chi connectivity index (χ0) is 9.84. The smallest absolute Gasteiger partial charge is 0.126 e. The van der Waals surface area contributed by atoms with Crippen molar-refractivity contribution < 1.29 is 9.18 Å². The van der Waals surface area contributed by atoms with E-state index in [1.165, 1.54) is 6.07 Å². The molecule has 0 aliphatic rings. The largest absolute Gasteiger partial charge is 0.303 e. The van der Waals surface area contributed by atoms with Gasteiger partial charge in [0, 0.05) is 5.92 Å². The molecule has 0 radical (unpaired) electrons. The molecule has 1 aromatic rings. The average molecular weight is 180 g/mol. The number of aldehydes is 1. The van der Waals surface area contributed by atoms with E-state index in [0.29, 0.717) is 12.0 Å². The van der Waals surface area contributed by atoms with Crippen molar-refractivity contribution in [1.29, 1.82) is 0 Å². The predicted octanol–water partition coefficient (Wildman–Crippen LogP) is 2.51. The molecule has 13 heavy (non-hydrogen) atoms. The topological polar surface area (TPSA) is 17.1 Å². The molecule has 1 nitrogen and oxygen atoms in total. The van der Waals surface area contributed by atoms with Crippen molar-refractivity contribution in [3.8, 4) is 0 Å². The van der Waals surface area contributed by atoms with Crippen molar-refractivity contribution >= 4 is 6.29 Å². The highest BCUT2D eigenvalue weighted by Crippen LogP contribution is 2.12. The summed E-state index contributed by atoms with van der Waals surface area (Å²) in [5.74, 6) is -0.188. The molecule has 2 heteroatoms. The first-order chi connectivity index (χ1) is 6.13. The zero-order valence-electron chi connectivity index (χ0n) is 7.88. The number of carbonyl (C=O) groups is 1. The SMILES string of the molecule is Cc1cc(CC(C)C=O)ccc1F. The Balaban J connectivity index is 2.79. The molecule has 1 atom stereocenters. The summed E-state index contributed by atoms with van der Waals surface area (Å²) in [4.78, 5) is 10.4. The fourth-order valence-electron chi connectivity index (χ4n) is 1.25. The van der Waals surface area contributed by atoms with Gasteiger partial charge in [-0.15, -0.1) is 0 Å². The third-order valence-corrected chi connectivity index (χ3v) is 2.01. The molecule has 1 unspecified atom stereocenters. The molecule has 0 aliphatic carbocycles. The summed E-state index contributed by atoms with van der Waals surface area (Å²) < 4.78 is 12.8. The van der Waals surface area contributed by atoms with E-state index in [4.69, 9.17) is 0 Å². The van der Waals surface area contributed by atoms with E-state index in [2.05, 4.69) is 0 Å². The Morgan fingerprint density at radius 3 is 2.77 bits per heavy atom. The molecule has 0 aliphatic heterocycles. The average Bonchev–Trinajstić information content (AvgIpc) is 2.11. The molecule has 0 N–H and O–H groups in total. The van der Waals surface area contributed by atoms with Crippen LogP contribution in [0.3, 0.4) is 0 Å². The lowest BCUT2D eigenvalue weighted by Gasteiger charge is -2.05. The molecule has 0 fully saturated rings. The van der Waals surface area contributed by atoms with Crippen molar-refractivity contribution in [3.05, 3.63) is 35.1 Å². The van der Waals surface area contributed by atoms with Gasteiger partial charge in [-0.25, -0.2) is 4.39 Å². The van der Waals surface area contributed by atoms with E-state index in [0.717, 1.165) is 11.8 Å². The molecule has 0 heterocycles. The van der Waals surface area contributed by atoms with Crippen LogP contribution in [0.15, 0.2) is 18.2 Å². The number of aryl methyl sites for hydroxylation is 1. The Kier molecular flexibility index (Phi) is 3.18. The molecule has 1 aromatic carbocycles. The van der Waals surface area contributed by atoms with E-state index in [1.807, 2.05) is 6.92 Å². The Morgan fingerprint density at radius 1 is 1.54 bits per heavy atom. The van der Waals surface area contributed by atoms with Gasteiger partial charge in [0.2, 0.25) is 0 Å². The first-order valence-corrected chi connectivity index (χ1v) is 4.34. The van der Waals surface area contributed by atoms with Gasteiger partial charge in [-0.3, -0.25) is 0 Å². The summed E-state index contributed by atoms with van der Waals surface area (Å²) in [5, 5.41) is 0. The number of halogens is 1. The Bertz CT molecular complexity index is 307. The van der Waals surface area contributed by atoms with Crippen LogP contribution in [0.5, 0.6) is 0 Å². The highest BCUT2D eigenvalue weighted by molar-refractivity contribution is 5.53. The molecule has 0 saturated carbocycles. The number of carbonyl (C=O) groups excluding carboxylic acids is 1. The third kappa shape index (κ3) is 2.65. The molecule has 0 bridgehead atoms. The Hall–Kier alpha value is -1.18. The lowest BCUT2D eigenvalue weighted by molar-refractivity contribution is -0.110. The normalized spacial score (nSPS) is 12.5. The van der Waals surface area contributed by atoms with Crippen LogP contribution < -0.4 is 0 Å². The second-order valence-electron chi connectivity index (χ2n) is 3.40. The van der Waals surface area contributed by atoms with Crippen molar-refractivity contribution in [2.75, 3.05) is 0 Å². The molecule has 1 rings (SSSR count). The van der Waals surface area contributed by atoms with E-state index < -0.39 is 0 Å². The Morgan fingerprint density at radius 2 is 2.23 bits per heavy atom. The van der Waals surface area contributed by atoms with E-state index in [-0.39, 0.29) is 11.7 Å². The van der Waals surface area contributed by atoms with E-state index in [1.54, 1.807) is 19.1 Å². The number of hydrogen-bond donors (Lipinski definition) is 0. The maximum Gasteiger partial charge on any atom is 0.126 e. The quantitative estimate of drug-likeness (QED) is 0.653. The molecule has 70 valence electrons. The molecule has 0 amide bonds. The van der Waals surface area contributed by atoms with Crippen molar-refractivity contribution in [2.45, 2.75) is 20.3 Å². The second kappa shape index (κ2) is 4.17. The lowest BCUT2D eigenvalue weighted by atomic mass is 10.0. The van der Waals surface area contributed by atoms with Crippen molar-refractivity contribution in [2.24, 2.45) is 5.92 Å². The van der Waals surface area contributed by atoms with Gasteiger partial charge in [-0.1, -0.05) is 19.1 Å². The van der Waals surface area contributed by atoms with Crippen LogP contribution in [0, 0.1) is 18.7 Å². The highest BCUT2D eigenvalue weighted by atomic mass is 19.1. The summed E-state index contributed by atoms with van der Waals surface area (Å²) in [7, 11) is 0. The van der Waals surface area contributed by atoms with Gasteiger partial charge in [0.15, 0.2) is 0 Å². The number of rotatable bonds is 3. The maximum atomic E-state index is 12.8.